The van der Waals surface area contributed by atoms with E-state index in [0.29, 0.717) is 0 Å². The van der Waals surface area contributed by atoms with E-state index in [0.717, 1.165) is 0 Å². The number of quaternary nitrogens is 1. The Kier molecular flexibility index (Phi) is 2.62. The van der Waals surface area contributed by atoms with Gasteiger partial charge >= 0.3 is 5.97 Å². The summed E-state index contributed by atoms with van der Waals surface area (Å²) >= 11 is 0. The van der Waals surface area contributed by atoms with Crippen molar-refractivity contribution in [1.82, 2.24) is 0 Å². The number of hydrogen-bond donors (Lipinski definition) is 2. The van der Waals surface area contributed by atoms with Gasteiger partial charge in [-0.3, -0.25) is 0 Å². The van der Waals surface area contributed by atoms with Crippen molar-refractivity contribution in [2.45, 2.75) is 50.8 Å². The molecule has 0 aliphatic carbocycles. The molecule has 1 aliphatic heterocycles. The van der Waals surface area contributed by atoms with Crippen LogP contribution in [-0.2, 0) is 9.53 Å². The molecule has 15 heavy (non-hydrogen) atoms. The number of hydroxylamine groups is 2. The van der Waals surface area contributed by atoms with Crippen LogP contribution in [0.5, 0.6) is 0 Å². The van der Waals surface area contributed by atoms with E-state index in [9.17, 15) is 15.1 Å². The summed E-state index contributed by atoms with van der Waals surface area (Å²) in [7, 11) is 1.21. The molecular formula is C10H19NO4. The summed E-state index contributed by atoms with van der Waals surface area (Å²) in [6, 6.07) is 0. The van der Waals surface area contributed by atoms with Crippen molar-refractivity contribution < 1.29 is 19.7 Å². The molecule has 0 bridgehead atoms. The van der Waals surface area contributed by atoms with Gasteiger partial charge in [-0.05, 0) is 27.7 Å². The molecule has 2 N–H and O–H groups in total. The molecule has 0 amide bonds. The fourth-order valence-corrected chi connectivity index (χ4v) is 2.47. The minimum absolute atomic E-state index is 0.108. The molecule has 1 fully saturated rings. The van der Waals surface area contributed by atoms with Gasteiger partial charge in [0.1, 0.15) is 5.54 Å². The van der Waals surface area contributed by atoms with Crippen LogP contribution in [0.3, 0.4) is 0 Å². The van der Waals surface area contributed by atoms with Crippen LogP contribution in [0, 0.1) is 5.21 Å². The van der Waals surface area contributed by atoms with E-state index in [1.807, 2.05) is 0 Å². The minimum atomic E-state index is -1.71. The molecule has 1 heterocycles. The number of esters is 1. The zero-order valence-electron chi connectivity index (χ0n) is 9.88. The molecule has 2 unspecified atom stereocenters. The first-order valence-corrected chi connectivity index (χ1v) is 4.95. The highest BCUT2D eigenvalue weighted by atomic mass is 16.6. The van der Waals surface area contributed by atoms with Gasteiger partial charge in [0.05, 0.1) is 12.6 Å². The summed E-state index contributed by atoms with van der Waals surface area (Å²) in [6.07, 6.45) is 0.110. The molecule has 1 rings (SSSR count). The molecule has 1 aliphatic rings. The summed E-state index contributed by atoms with van der Waals surface area (Å²) < 4.78 is 4.57. The number of carbonyl (C=O) groups excluding carboxylic acids is 1. The Morgan fingerprint density at radius 3 is 2.13 bits per heavy atom. The number of methoxy groups -OCH3 is 1. The van der Waals surface area contributed by atoms with Crippen molar-refractivity contribution in [3.63, 3.8) is 0 Å². The maximum absolute atomic E-state index is 12.0. The maximum atomic E-state index is 12.0. The Morgan fingerprint density at radius 1 is 1.40 bits per heavy atom. The van der Waals surface area contributed by atoms with Gasteiger partial charge in [0.25, 0.3) is 0 Å². The van der Waals surface area contributed by atoms with E-state index in [1.165, 1.54) is 7.11 Å². The quantitative estimate of drug-likeness (QED) is 0.447. The van der Waals surface area contributed by atoms with Crippen molar-refractivity contribution in [3.05, 3.63) is 5.21 Å². The Balaban J connectivity index is 3.18. The fraction of sp³-hybridized carbons (Fsp3) is 0.900. The van der Waals surface area contributed by atoms with Gasteiger partial charge in [-0.2, -0.15) is 0 Å². The molecule has 0 aromatic carbocycles. The van der Waals surface area contributed by atoms with Crippen LogP contribution in [0.25, 0.3) is 0 Å². The number of carbonyl (C=O) groups is 1. The Bertz CT molecular complexity index is 287. The van der Waals surface area contributed by atoms with Gasteiger partial charge in [-0.15, -0.1) is 0 Å². The SMILES string of the molecule is COC(=O)C1(O)CC(C)(C)[NH+]([O-])C1(C)C. The molecule has 5 heteroatoms. The summed E-state index contributed by atoms with van der Waals surface area (Å²) in [5, 5.41) is 22.2. The number of rotatable bonds is 1. The van der Waals surface area contributed by atoms with E-state index >= 15 is 0 Å². The van der Waals surface area contributed by atoms with Crippen LogP contribution in [0.15, 0.2) is 0 Å². The van der Waals surface area contributed by atoms with E-state index in [-0.39, 0.29) is 11.5 Å². The normalized spacial score (nSPS) is 37.7. The second-order valence-corrected chi connectivity index (χ2v) is 5.37. The molecule has 5 nitrogen and oxygen atoms in total. The Labute approximate surface area is 89.6 Å². The molecule has 0 saturated carbocycles. The third-order valence-corrected chi connectivity index (χ3v) is 3.44. The lowest BCUT2D eigenvalue weighted by molar-refractivity contribution is -0.935. The lowest BCUT2D eigenvalue weighted by Gasteiger charge is -2.42. The highest BCUT2D eigenvalue weighted by Crippen LogP contribution is 2.35. The standard InChI is InChI=1S/C10H19NO4/c1-8(2)6-10(13,7(12)15-5)9(3,4)11(8)14/h11,13H,6H2,1-5H3. The molecule has 0 spiro atoms. The second-order valence-electron chi connectivity index (χ2n) is 5.37. The van der Waals surface area contributed by atoms with Gasteiger partial charge < -0.3 is 20.1 Å². The lowest BCUT2D eigenvalue weighted by Crippen LogP contribution is -3.20. The summed E-state index contributed by atoms with van der Waals surface area (Å²) in [4.78, 5) is 11.6. The predicted molar refractivity (Wildman–Crippen MR) is 54.1 cm³/mol. The first-order valence-electron chi connectivity index (χ1n) is 4.95. The van der Waals surface area contributed by atoms with Crippen LogP contribution in [0.1, 0.15) is 34.1 Å². The van der Waals surface area contributed by atoms with E-state index in [1.54, 1.807) is 27.7 Å². The number of hydrogen-bond acceptors (Lipinski definition) is 4. The van der Waals surface area contributed by atoms with Crippen LogP contribution >= 0.6 is 0 Å². The first-order chi connectivity index (χ1) is 6.59. The molecule has 0 radical (unpaired) electrons. The van der Waals surface area contributed by atoms with Crippen LogP contribution in [-0.4, -0.2) is 34.9 Å². The number of ether oxygens (including phenoxy) is 1. The van der Waals surface area contributed by atoms with E-state index in [4.69, 9.17) is 0 Å². The smallest absolute Gasteiger partial charge is 0.344 e. The molecule has 1 saturated heterocycles. The summed E-state index contributed by atoms with van der Waals surface area (Å²) in [6.45, 7) is 6.64. The van der Waals surface area contributed by atoms with Crippen molar-refractivity contribution in [2.24, 2.45) is 0 Å². The van der Waals surface area contributed by atoms with Gasteiger partial charge in [-0.1, -0.05) is 0 Å². The lowest BCUT2D eigenvalue weighted by atomic mass is 9.82. The zero-order valence-corrected chi connectivity index (χ0v) is 9.88. The summed E-state index contributed by atoms with van der Waals surface area (Å²) in [5.74, 6) is -0.730. The maximum Gasteiger partial charge on any atom is 0.344 e. The monoisotopic (exact) mass is 217 g/mol. The third kappa shape index (κ3) is 1.46. The molecule has 0 aromatic rings. The molecule has 2 atom stereocenters. The van der Waals surface area contributed by atoms with Crippen molar-refractivity contribution in [2.75, 3.05) is 7.11 Å². The molecule has 0 aromatic heterocycles. The van der Waals surface area contributed by atoms with Gasteiger partial charge in [0.2, 0.25) is 5.60 Å². The average Bonchev–Trinajstić information content (AvgIpc) is 2.24. The molecule has 88 valence electrons. The number of nitrogens with one attached hydrogen (secondary N) is 1. The van der Waals surface area contributed by atoms with Crippen molar-refractivity contribution >= 4 is 5.97 Å². The third-order valence-electron chi connectivity index (χ3n) is 3.44. The van der Waals surface area contributed by atoms with E-state index < -0.39 is 22.6 Å². The Hall–Kier alpha value is -0.650. The summed E-state index contributed by atoms with van der Waals surface area (Å²) in [5.41, 5.74) is -3.49. The van der Waals surface area contributed by atoms with Crippen molar-refractivity contribution in [1.29, 1.82) is 0 Å². The number of aliphatic hydroxyl groups is 1. The van der Waals surface area contributed by atoms with E-state index in [2.05, 4.69) is 4.74 Å². The van der Waals surface area contributed by atoms with Crippen LogP contribution in [0.2, 0.25) is 0 Å². The first kappa shape index (κ1) is 12.4. The fourth-order valence-electron chi connectivity index (χ4n) is 2.47. The average molecular weight is 217 g/mol. The largest absolute Gasteiger partial charge is 0.633 e. The highest BCUT2D eigenvalue weighted by molar-refractivity contribution is 5.81. The van der Waals surface area contributed by atoms with Gasteiger partial charge in [0, 0.05) is 6.42 Å². The molecular weight excluding hydrogens is 198 g/mol. The minimum Gasteiger partial charge on any atom is -0.633 e. The highest BCUT2D eigenvalue weighted by Gasteiger charge is 2.66. The Morgan fingerprint density at radius 2 is 1.87 bits per heavy atom. The zero-order chi connectivity index (χ0) is 12.1. The topological polar surface area (TPSA) is 74.0 Å². The van der Waals surface area contributed by atoms with Crippen LogP contribution < -0.4 is 5.06 Å². The van der Waals surface area contributed by atoms with Gasteiger partial charge in [0.15, 0.2) is 0 Å². The van der Waals surface area contributed by atoms with Gasteiger partial charge in [-0.25, -0.2) is 4.79 Å². The second kappa shape index (κ2) is 3.17. The van der Waals surface area contributed by atoms with Crippen LogP contribution in [0.4, 0.5) is 0 Å². The van der Waals surface area contributed by atoms with Crippen molar-refractivity contribution in [3.8, 4) is 0 Å². The predicted octanol–water partition coefficient (Wildman–Crippen LogP) is -0.766.